The van der Waals surface area contributed by atoms with Crippen LogP contribution >= 0.6 is 0 Å². The Morgan fingerprint density at radius 2 is 2.11 bits per heavy atom. The molecule has 0 unspecified atom stereocenters. The second-order valence-electron chi connectivity index (χ2n) is 4.77. The van der Waals surface area contributed by atoms with E-state index < -0.39 is 0 Å². The highest BCUT2D eigenvalue weighted by Gasteiger charge is 2.23. The summed E-state index contributed by atoms with van der Waals surface area (Å²) in [6.07, 6.45) is 6.77. The van der Waals surface area contributed by atoms with Gasteiger partial charge in [0.25, 0.3) is 0 Å². The number of nitrogens with zero attached hydrogens (tertiary/aromatic N) is 4. The van der Waals surface area contributed by atoms with Gasteiger partial charge in [0.05, 0.1) is 6.33 Å². The normalized spacial score (nSPS) is 16.3. The molecule has 0 aromatic carbocycles. The molecular weight excluding hydrogens is 228 g/mol. The van der Waals surface area contributed by atoms with Crippen molar-refractivity contribution in [2.75, 3.05) is 24.3 Å². The second kappa shape index (κ2) is 4.44. The third-order valence-electron chi connectivity index (χ3n) is 3.70. The number of anilines is 2. The van der Waals surface area contributed by atoms with E-state index >= 15 is 0 Å². The largest absolute Gasteiger partial charge is 0.357 e. The van der Waals surface area contributed by atoms with Gasteiger partial charge >= 0.3 is 0 Å². The molecule has 1 aliphatic rings. The van der Waals surface area contributed by atoms with E-state index in [0.717, 1.165) is 11.3 Å². The van der Waals surface area contributed by atoms with Crippen molar-refractivity contribution in [3.8, 4) is 0 Å². The molecule has 0 radical (unpaired) electrons. The molecule has 0 amide bonds. The van der Waals surface area contributed by atoms with Gasteiger partial charge in [-0.15, -0.1) is 0 Å². The first-order valence-corrected chi connectivity index (χ1v) is 6.41. The van der Waals surface area contributed by atoms with Gasteiger partial charge in [0, 0.05) is 20.1 Å². The number of hydrogen-bond donors (Lipinski definition) is 2. The van der Waals surface area contributed by atoms with Crippen molar-refractivity contribution >= 4 is 22.9 Å². The zero-order chi connectivity index (χ0) is 12.5. The molecule has 1 fully saturated rings. The van der Waals surface area contributed by atoms with E-state index in [0.29, 0.717) is 17.6 Å². The van der Waals surface area contributed by atoms with Gasteiger partial charge < -0.3 is 15.2 Å². The van der Waals surface area contributed by atoms with Crippen LogP contribution in [0.15, 0.2) is 6.33 Å². The number of aromatic nitrogens is 4. The molecule has 1 aliphatic carbocycles. The Hall–Kier alpha value is -1.85. The van der Waals surface area contributed by atoms with E-state index in [1.54, 1.807) is 6.33 Å². The zero-order valence-electron chi connectivity index (χ0n) is 10.8. The van der Waals surface area contributed by atoms with Crippen LogP contribution in [0.5, 0.6) is 0 Å². The Labute approximate surface area is 106 Å². The van der Waals surface area contributed by atoms with Gasteiger partial charge in [-0.1, -0.05) is 12.8 Å². The Morgan fingerprint density at radius 3 is 2.83 bits per heavy atom. The molecule has 6 nitrogen and oxygen atoms in total. The number of nitrogens with one attached hydrogen (secondary N) is 2. The molecule has 0 atom stereocenters. The van der Waals surface area contributed by atoms with Crippen LogP contribution in [0, 0.1) is 0 Å². The average molecular weight is 246 g/mol. The van der Waals surface area contributed by atoms with E-state index in [-0.39, 0.29) is 0 Å². The van der Waals surface area contributed by atoms with Crippen LogP contribution in [0.1, 0.15) is 25.7 Å². The van der Waals surface area contributed by atoms with Crippen LogP contribution in [0.2, 0.25) is 0 Å². The summed E-state index contributed by atoms with van der Waals surface area (Å²) in [5.74, 6) is 1.56. The Morgan fingerprint density at radius 1 is 1.33 bits per heavy atom. The quantitative estimate of drug-likeness (QED) is 0.863. The Bertz CT molecular complexity index is 542. The lowest BCUT2D eigenvalue weighted by atomic mass is 10.2. The summed E-state index contributed by atoms with van der Waals surface area (Å²) in [4.78, 5) is 18.5. The van der Waals surface area contributed by atoms with E-state index in [4.69, 9.17) is 0 Å². The van der Waals surface area contributed by atoms with Crippen molar-refractivity contribution < 1.29 is 0 Å². The van der Waals surface area contributed by atoms with E-state index in [1.807, 2.05) is 7.05 Å². The van der Waals surface area contributed by atoms with Gasteiger partial charge in [-0.05, 0) is 12.8 Å². The van der Waals surface area contributed by atoms with Crippen LogP contribution in [0.4, 0.5) is 11.8 Å². The van der Waals surface area contributed by atoms with E-state index in [9.17, 15) is 0 Å². The molecule has 0 aliphatic heterocycles. The third-order valence-corrected chi connectivity index (χ3v) is 3.70. The highest BCUT2D eigenvalue weighted by atomic mass is 15.2. The van der Waals surface area contributed by atoms with Gasteiger partial charge in [0.1, 0.15) is 5.52 Å². The molecular formula is C12H18N6. The molecule has 0 spiro atoms. The molecule has 2 N–H and O–H groups in total. The topological polar surface area (TPSA) is 69.7 Å². The molecule has 0 saturated heterocycles. The molecule has 0 bridgehead atoms. The van der Waals surface area contributed by atoms with Crippen LogP contribution in [0.25, 0.3) is 11.2 Å². The second-order valence-corrected chi connectivity index (χ2v) is 4.77. The smallest absolute Gasteiger partial charge is 0.226 e. The molecule has 2 aromatic heterocycles. The Balaban J connectivity index is 2.05. The molecule has 3 rings (SSSR count). The van der Waals surface area contributed by atoms with Crippen LogP contribution in [-0.2, 0) is 0 Å². The molecule has 2 heterocycles. The molecule has 6 heteroatoms. The van der Waals surface area contributed by atoms with Crippen molar-refractivity contribution in [3.05, 3.63) is 6.33 Å². The summed E-state index contributed by atoms with van der Waals surface area (Å²) in [5.41, 5.74) is 1.64. The number of fused-ring (bicyclic) bond motifs is 1. The summed E-state index contributed by atoms with van der Waals surface area (Å²) < 4.78 is 0. The standard InChI is InChI=1S/C12H18N6/c1-13-12-16-10-9(14-7-15-10)11(17-12)18(2)8-5-3-4-6-8/h7-8H,3-6H2,1-2H3,(H2,13,14,15,16,17). The summed E-state index contributed by atoms with van der Waals surface area (Å²) in [6, 6.07) is 0.580. The lowest BCUT2D eigenvalue weighted by Gasteiger charge is -2.25. The maximum Gasteiger partial charge on any atom is 0.226 e. The van der Waals surface area contributed by atoms with Crippen molar-refractivity contribution in [1.82, 2.24) is 19.9 Å². The van der Waals surface area contributed by atoms with Crippen molar-refractivity contribution in [2.45, 2.75) is 31.7 Å². The number of hydrogen-bond acceptors (Lipinski definition) is 5. The monoisotopic (exact) mass is 246 g/mol. The van der Waals surface area contributed by atoms with Crippen LogP contribution in [-0.4, -0.2) is 40.1 Å². The highest BCUT2D eigenvalue weighted by molar-refractivity contribution is 5.84. The molecule has 96 valence electrons. The van der Waals surface area contributed by atoms with Gasteiger partial charge in [-0.2, -0.15) is 9.97 Å². The average Bonchev–Trinajstić information content (AvgIpc) is 3.07. The van der Waals surface area contributed by atoms with Crippen molar-refractivity contribution in [3.63, 3.8) is 0 Å². The minimum atomic E-state index is 0.580. The van der Waals surface area contributed by atoms with E-state index in [2.05, 4.69) is 37.2 Å². The van der Waals surface area contributed by atoms with Gasteiger partial charge in [0.2, 0.25) is 5.95 Å². The first-order chi connectivity index (χ1) is 8.79. The lowest BCUT2D eigenvalue weighted by molar-refractivity contribution is 0.648. The van der Waals surface area contributed by atoms with Gasteiger partial charge in [-0.25, -0.2) is 4.98 Å². The predicted molar refractivity (Wildman–Crippen MR) is 71.9 cm³/mol. The SMILES string of the molecule is CNc1nc(N(C)C2CCCC2)c2[nH]cnc2n1. The fraction of sp³-hybridized carbons (Fsp3) is 0.583. The van der Waals surface area contributed by atoms with Gasteiger partial charge in [0.15, 0.2) is 11.5 Å². The fourth-order valence-electron chi connectivity index (χ4n) is 2.65. The Kier molecular flexibility index (Phi) is 2.77. The molecule has 1 saturated carbocycles. The molecule has 2 aromatic rings. The van der Waals surface area contributed by atoms with E-state index in [1.165, 1.54) is 25.7 Å². The number of aromatic amines is 1. The number of imidazole rings is 1. The zero-order valence-corrected chi connectivity index (χ0v) is 10.8. The number of H-pyrrole nitrogens is 1. The first-order valence-electron chi connectivity index (χ1n) is 6.41. The molecule has 18 heavy (non-hydrogen) atoms. The minimum absolute atomic E-state index is 0.580. The summed E-state index contributed by atoms with van der Waals surface area (Å²) in [7, 11) is 3.94. The predicted octanol–water partition coefficient (Wildman–Crippen LogP) is 1.77. The maximum absolute atomic E-state index is 4.57. The summed E-state index contributed by atoms with van der Waals surface area (Å²) >= 11 is 0. The summed E-state index contributed by atoms with van der Waals surface area (Å²) in [6.45, 7) is 0. The fourth-order valence-corrected chi connectivity index (χ4v) is 2.65. The van der Waals surface area contributed by atoms with Crippen LogP contribution in [0.3, 0.4) is 0 Å². The summed E-state index contributed by atoms with van der Waals surface area (Å²) in [5, 5.41) is 2.99. The first kappa shape index (κ1) is 11.3. The minimum Gasteiger partial charge on any atom is -0.357 e. The highest BCUT2D eigenvalue weighted by Crippen LogP contribution is 2.29. The van der Waals surface area contributed by atoms with Crippen molar-refractivity contribution in [1.29, 1.82) is 0 Å². The van der Waals surface area contributed by atoms with Crippen molar-refractivity contribution in [2.24, 2.45) is 0 Å². The van der Waals surface area contributed by atoms with Crippen LogP contribution < -0.4 is 10.2 Å². The lowest BCUT2D eigenvalue weighted by Crippen LogP contribution is -2.30. The number of rotatable bonds is 3. The van der Waals surface area contributed by atoms with Gasteiger partial charge in [-0.3, -0.25) is 0 Å². The third kappa shape index (κ3) is 1.77. The maximum atomic E-state index is 4.57.